The molecule has 0 aliphatic carbocycles. The Morgan fingerprint density at radius 2 is 2.04 bits per heavy atom. The van der Waals surface area contributed by atoms with Crippen molar-refractivity contribution in [2.45, 2.75) is 58.4 Å². The molecule has 26 heavy (non-hydrogen) atoms. The van der Waals surface area contributed by atoms with Gasteiger partial charge in [-0.3, -0.25) is 4.79 Å². The number of hydrogen-bond donors (Lipinski definition) is 2. The number of hydrogen-bond acceptors (Lipinski definition) is 5. The van der Waals surface area contributed by atoms with Gasteiger partial charge in [0.05, 0.1) is 17.1 Å². The first-order valence-corrected chi connectivity index (χ1v) is 8.90. The van der Waals surface area contributed by atoms with Gasteiger partial charge in [0.15, 0.2) is 5.82 Å². The molecule has 0 saturated heterocycles. The molecule has 0 spiro atoms. The van der Waals surface area contributed by atoms with Crippen LogP contribution in [0.15, 0.2) is 28.8 Å². The van der Waals surface area contributed by atoms with Crippen LogP contribution in [0.25, 0.3) is 11.0 Å². The smallest absolute Gasteiger partial charge is 0.226 e. The van der Waals surface area contributed by atoms with E-state index in [0.717, 1.165) is 16.9 Å². The zero-order chi connectivity index (χ0) is 18.7. The fraction of sp³-hybridized carbons (Fsp3) is 0.474. The zero-order valence-corrected chi connectivity index (χ0v) is 15.7. The van der Waals surface area contributed by atoms with Crippen molar-refractivity contribution < 1.29 is 9.32 Å². The predicted molar refractivity (Wildman–Crippen MR) is 98.6 cm³/mol. The van der Waals surface area contributed by atoms with Gasteiger partial charge in [0, 0.05) is 18.3 Å². The van der Waals surface area contributed by atoms with Gasteiger partial charge in [0.25, 0.3) is 0 Å². The number of amides is 1. The highest BCUT2D eigenvalue weighted by Crippen LogP contribution is 2.19. The van der Waals surface area contributed by atoms with E-state index >= 15 is 0 Å². The molecule has 0 fully saturated rings. The molecule has 1 unspecified atom stereocenters. The lowest BCUT2D eigenvalue weighted by molar-refractivity contribution is -0.121. The summed E-state index contributed by atoms with van der Waals surface area (Å²) < 4.78 is 5.25. The van der Waals surface area contributed by atoms with Gasteiger partial charge in [-0.05, 0) is 25.5 Å². The minimum absolute atomic E-state index is 0.0199. The summed E-state index contributed by atoms with van der Waals surface area (Å²) in [5, 5.41) is 6.97. The molecule has 0 aliphatic heterocycles. The van der Waals surface area contributed by atoms with E-state index in [1.165, 1.54) is 0 Å². The molecule has 7 heteroatoms. The van der Waals surface area contributed by atoms with Gasteiger partial charge >= 0.3 is 0 Å². The number of carbonyl (C=O) groups excluding carboxylic acids is 1. The van der Waals surface area contributed by atoms with E-state index in [1.54, 1.807) is 0 Å². The van der Waals surface area contributed by atoms with E-state index in [9.17, 15) is 4.79 Å². The lowest BCUT2D eigenvalue weighted by Gasteiger charge is -2.11. The van der Waals surface area contributed by atoms with Crippen molar-refractivity contribution in [3.05, 3.63) is 41.8 Å². The first-order valence-electron chi connectivity index (χ1n) is 8.90. The number of nitrogens with zero attached hydrogens (tertiary/aromatic N) is 3. The number of aromatic amines is 1. The molecular weight excluding hydrogens is 330 g/mol. The molecule has 1 amide bonds. The molecule has 1 atom stereocenters. The van der Waals surface area contributed by atoms with Crippen molar-refractivity contribution in [3.8, 4) is 0 Å². The summed E-state index contributed by atoms with van der Waals surface area (Å²) in [4.78, 5) is 24.3. The van der Waals surface area contributed by atoms with Crippen LogP contribution in [-0.2, 0) is 16.6 Å². The number of benzene rings is 1. The number of fused-ring (bicyclic) bond motifs is 1. The lowest BCUT2D eigenvalue weighted by Crippen LogP contribution is -2.27. The Morgan fingerprint density at radius 3 is 2.73 bits per heavy atom. The van der Waals surface area contributed by atoms with Crippen molar-refractivity contribution in [1.29, 1.82) is 0 Å². The van der Waals surface area contributed by atoms with Crippen molar-refractivity contribution in [3.63, 3.8) is 0 Å². The summed E-state index contributed by atoms with van der Waals surface area (Å²) in [6, 6.07) is 7.64. The molecule has 2 aromatic heterocycles. The van der Waals surface area contributed by atoms with Crippen LogP contribution in [0.2, 0.25) is 0 Å². The van der Waals surface area contributed by atoms with Crippen LogP contribution in [0.3, 0.4) is 0 Å². The average Bonchev–Trinajstić information content (AvgIpc) is 3.21. The largest absolute Gasteiger partial charge is 0.346 e. The summed E-state index contributed by atoms with van der Waals surface area (Å²) >= 11 is 0. The Morgan fingerprint density at radius 1 is 1.27 bits per heavy atom. The number of nitrogens with one attached hydrogen (secondary N) is 2. The molecule has 0 saturated carbocycles. The van der Waals surface area contributed by atoms with E-state index in [0.29, 0.717) is 31.0 Å². The fourth-order valence-electron chi connectivity index (χ4n) is 2.62. The van der Waals surface area contributed by atoms with Crippen LogP contribution in [0.4, 0.5) is 0 Å². The van der Waals surface area contributed by atoms with E-state index in [-0.39, 0.29) is 17.4 Å². The van der Waals surface area contributed by atoms with Gasteiger partial charge in [0.2, 0.25) is 11.8 Å². The van der Waals surface area contributed by atoms with Crippen LogP contribution in [0.1, 0.15) is 64.1 Å². The summed E-state index contributed by atoms with van der Waals surface area (Å²) in [7, 11) is 0. The topological polar surface area (TPSA) is 96.7 Å². The van der Waals surface area contributed by atoms with Crippen LogP contribution in [0.5, 0.6) is 0 Å². The number of imidazole rings is 1. The maximum atomic E-state index is 12.2. The van der Waals surface area contributed by atoms with Gasteiger partial charge in [-0.1, -0.05) is 38.1 Å². The van der Waals surface area contributed by atoms with Crippen molar-refractivity contribution in [2.75, 3.05) is 0 Å². The van der Waals surface area contributed by atoms with E-state index in [2.05, 4.69) is 25.4 Å². The predicted octanol–water partition coefficient (Wildman–Crippen LogP) is 3.44. The Hall–Kier alpha value is -2.70. The highest BCUT2D eigenvalue weighted by Gasteiger charge is 2.21. The third-order valence-electron chi connectivity index (χ3n) is 4.13. The molecular formula is C19H25N5O2. The van der Waals surface area contributed by atoms with Gasteiger partial charge in [-0.15, -0.1) is 0 Å². The third kappa shape index (κ3) is 4.28. The van der Waals surface area contributed by atoms with Crippen LogP contribution < -0.4 is 5.32 Å². The molecule has 2 N–H and O–H groups in total. The molecule has 0 bridgehead atoms. The van der Waals surface area contributed by atoms with Crippen molar-refractivity contribution in [2.24, 2.45) is 0 Å². The Bertz CT molecular complexity index is 858. The molecule has 1 aromatic carbocycles. The van der Waals surface area contributed by atoms with Crippen molar-refractivity contribution in [1.82, 2.24) is 25.4 Å². The van der Waals surface area contributed by atoms with Crippen LogP contribution >= 0.6 is 0 Å². The molecule has 2 heterocycles. The first-order chi connectivity index (χ1) is 12.3. The highest BCUT2D eigenvalue weighted by atomic mass is 16.5. The van der Waals surface area contributed by atoms with E-state index in [4.69, 9.17) is 4.52 Å². The second kappa shape index (κ2) is 7.27. The SMILES string of the molecule is CC(NC(=O)CCCc1nc(C(C)(C)C)no1)c1nc2ccccc2[nH]1. The van der Waals surface area contributed by atoms with Crippen molar-refractivity contribution >= 4 is 16.9 Å². The van der Waals surface area contributed by atoms with Gasteiger partial charge in [0.1, 0.15) is 5.82 Å². The molecule has 0 radical (unpaired) electrons. The number of para-hydroxylation sites is 2. The minimum Gasteiger partial charge on any atom is -0.346 e. The Balaban J connectivity index is 1.48. The number of carbonyl (C=O) groups is 1. The first kappa shape index (κ1) is 18.1. The standard InChI is InChI=1S/C19H25N5O2/c1-12(17-21-13-8-5-6-9-14(13)22-17)20-15(25)10-7-11-16-23-18(24-26-16)19(2,3)4/h5-6,8-9,12H,7,10-11H2,1-4H3,(H,20,25)(H,21,22). The fourth-order valence-corrected chi connectivity index (χ4v) is 2.62. The number of H-pyrrole nitrogens is 1. The third-order valence-corrected chi connectivity index (χ3v) is 4.13. The Labute approximate surface area is 152 Å². The molecule has 0 aliphatic rings. The molecule has 3 rings (SSSR count). The second-order valence-corrected chi connectivity index (χ2v) is 7.54. The highest BCUT2D eigenvalue weighted by molar-refractivity contribution is 5.77. The number of rotatable bonds is 6. The van der Waals surface area contributed by atoms with Crippen LogP contribution in [0, 0.1) is 0 Å². The summed E-state index contributed by atoms with van der Waals surface area (Å²) in [5.74, 6) is 2.00. The molecule has 138 valence electrons. The Kier molecular flexibility index (Phi) is 5.06. The minimum atomic E-state index is -0.175. The quantitative estimate of drug-likeness (QED) is 0.706. The normalized spacial score (nSPS) is 13.1. The number of aryl methyl sites for hydroxylation is 1. The maximum absolute atomic E-state index is 12.2. The van der Waals surface area contributed by atoms with E-state index < -0.39 is 0 Å². The van der Waals surface area contributed by atoms with E-state index in [1.807, 2.05) is 52.0 Å². The van der Waals surface area contributed by atoms with Gasteiger partial charge < -0.3 is 14.8 Å². The molecule has 3 aromatic rings. The monoisotopic (exact) mass is 355 g/mol. The lowest BCUT2D eigenvalue weighted by atomic mass is 9.96. The van der Waals surface area contributed by atoms with Gasteiger partial charge in [-0.25, -0.2) is 4.98 Å². The second-order valence-electron chi connectivity index (χ2n) is 7.54. The molecule has 7 nitrogen and oxygen atoms in total. The zero-order valence-electron chi connectivity index (χ0n) is 15.7. The summed E-state index contributed by atoms with van der Waals surface area (Å²) in [6.07, 6.45) is 1.65. The summed E-state index contributed by atoms with van der Waals surface area (Å²) in [5.41, 5.74) is 1.73. The van der Waals surface area contributed by atoms with Gasteiger partial charge in [-0.2, -0.15) is 4.98 Å². The average molecular weight is 355 g/mol. The van der Waals surface area contributed by atoms with Crippen LogP contribution in [-0.4, -0.2) is 26.0 Å². The number of aromatic nitrogens is 4. The maximum Gasteiger partial charge on any atom is 0.226 e. The summed E-state index contributed by atoms with van der Waals surface area (Å²) in [6.45, 7) is 8.03.